The average molecular weight is 345 g/mol. The molecule has 0 aromatic carbocycles. The van der Waals surface area contributed by atoms with E-state index in [1.807, 2.05) is 0 Å². The van der Waals surface area contributed by atoms with Crippen LogP contribution in [0.4, 0.5) is 0 Å². The second-order valence-electron chi connectivity index (χ2n) is 10.2. The number of hydrogen-bond acceptors (Lipinski definition) is 2. The van der Waals surface area contributed by atoms with Crippen LogP contribution in [0.5, 0.6) is 0 Å². The van der Waals surface area contributed by atoms with Crippen LogP contribution in [0.15, 0.2) is 11.1 Å². The third-order valence-corrected chi connectivity index (χ3v) is 9.29. The van der Waals surface area contributed by atoms with E-state index in [-0.39, 0.29) is 12.1 Å². The Morgan fingerprint density at radius 1 is 1.04 bits per heavy atom. The molecule has 0 saturated heterocycles. The van der Waals surface area contributed by atoms with Crippen LogP contribution in [0, 0.1) is 34.5 Å². The van der Waals surface area contributed by atoms with E-state index < -0.39 is 0 Å². The first-order chi connectivity index (χ1) is 11.8. The Kier molecular flexibility index (Phi) is 4.13. The summed E-state index contributed by atoms with van der Waals surface area (Å²) in [6, 6.07) is 0. The Morgan fingerprint density at radius 2 is 1.80 bits per heavy atom. The predicted molar refractivity (Wildman–Crippen MR) is 101 cm³/mol. The maximum atomic E-state index is 11.8. The van der Waals surface area contributed by atoms with Crippen LogP contribution in [-0.4, -0.2) is 12.1 Å². The van der Waals surface area contributed by atoms with Gasteiger partial charge in [-0.3, -0.25) is 4.79 Å². The normalized spacial score (nSPS) is 49.2. The van der Waals surface area contributed by atoms with Crippen LogP contribution >= 0.6 is 0 Å². The van der Waals surface area contributed by atoms with E-state index in [0.717, 1.165) is 24.2 Å². The van der Waals surface area contributed by atoms with Crippen LogP contribution in [0.3, 0.4) is 0 Å². The molecule has 7 atom stereocenters. The fourth-order valence-electron chi connectivity index (χ4n) is 7.80. The summed E-state index contributed by atoms with van der Waals surface area (Å²) in [6.45, 7) is 11.4. The van der Waals surface area contributed by atoms with Crippen LogP contribution in [0.1, 0.15) is 86.0 Å². The van der Waals surface area contributed by atoms with Gasteiger partial charge in [0.25, 0.3) is 0 Å². The van der Waals surface area contributed by atoms with Crippen molar-refractivity contribution >= 4 is 5.97 Å². The highest BCUT2D eigenvalue weighted by atomic mass is 16.5. The van der Waals surface area contributed by atoms with Gasteiger partial charge in [0.2, 0.25) is 0 Å². The van der Waals surface area contributed by atoms with Gasteiger partial charge in [-0.2, -0.15) is 0 Å². The highest BCUT2D eigenvalue weighted by Crippen LogP contribution is 2.67. The number of fused-ring (bicyclic) bond motifs is 5. The molecule has 4 aliphatic rings. The van der Waals surface area contributed by atoms with Crippen molar-refractivity contribution in [2.45, 2.75) is 92.1 Å². The minimum absolute atomic E-state index is 0.0770. The van der Waals surface area contributed by atoms with Crippen LogP contribution in [0.25, 0.3) is 0 Å². The SMILES string of the molecule is CC(=O)OC1C[C@@H]2C(CC[C@]3(C)C(C)=C(C)C[C@@H]23)[C@@]2(C)CCCCC12. The summed E-state index contributed by atoms with van der Waals surface area (Å²) in [5.74, 6) is 2.85. The number of ether oxygens (including phenoxy) is 1. The van der Waals surface area contributed by atoms with Gasteiger partial charge in [0.15, 0.2) is 0 Å². The topological polar surface area (TPSA) is 26.3 Å². The summed E-state index contributed by atoms with van der Waals surface area (Å²) in [7, 11) is 0. The standard InChI is InChI=1S/C23H36O2/c1-14-12-20-17-13-21(25-16(3)24)19-8-6-7-10-23(19,5)18(17)9-11-22(20,4)15(14)2/h17-21H,6-13H2,1-5H3/t17-,18?,19?,20+,21?,22-,23-/m1/s1. The first kappa shape index (κ1) is 17.6. The lowest BCUT2D eigenvalue weighted by atomic mass is 9.44. The molecule has 140 valence electrons. The Morgan fingerprint density at radius 3 is 2.52 bits per heavy atom. The summed E-state index contributed by atoms with van der Waals surface area (Å²) in [6.07, 6.45) is 10.6. The maximum absolute atomic E-state index is 11.8. The van der Waals surface area contributed by atoms with Crippen molar-refractivity contribution in [3.8, 4) is 0 Å². The van der Waals surface area contributed by atoms with Crippen molar-refractivity contribution < 1.29 is 9.53 Å². The van der Waals surface area contributed by atoms with Gasteiger partial charge in [0, 0.05) is 12.8 Å². The second-order valence-corrected chi connectivity index (χ2v) is 10.2. The molecule has 0 radical (unpaired) electrons. The lowest BCUT2D eigenvalue weighted by Gasteiger charge is -2.61. The molecule has 3 fully saturated rings. The average Bonchev–Trinajstić information content (AvgIpc) is 2.78. The molecule has 0 amide bonds. The number of carbonyl (C=O) groups is 1. The molecule has 25 heavy (non-hydrogen) atoms. The molecule has 0 aromatic rings. The third kappa shape index (κ3) is 2.46. The monoisotopic (exact) mass is 344 g/mol. The zero-order chi connectivity index (χ0) is 18.0. The number of carbonyl (C=O) groups excluding carboxylic acids is 1. The molecule has 3 unspecified atom stereocenters. The molecular weight excluding hydrogens is 308 g/mol. The quantitative estimate of drug-likeness (QED) is 0.437. The largest absolute Gasteiger partial charge is 0.462 e. The summed E-state index contributed by atoms with van der Waals surface area (Å²) < 4.78 is 5.96. The predicted octanol–water partition coefficient (Wildman–Crippen LogP) is 5.91. The summed E-state index contributed by atoms with van der Waals surface area (Å²) in [5.41, 5.74) is 4.07. The van der Waals surface area contributed by atoms with E-state index in [9.17, 15) is 4.79 Å². The fourth-order valence-corrected chi connectivity index (χ4v) is 7.80. The number of allylic oxidation sites excluding steroid dienone is 2. The molecule has 0 heterocycles. The van der Waals surface area contributed by atoms with Crippen molar-refractivity contribution in [1.29, 1.82) is 0 Å². The smallest absolute Gasteiger partial charge is 0.302 e. The van der Waals surface area contributed by atoms with Gasteiger partial charge >= 0.3 is 5.97 Å². The zero-order valence-electron chi connectivity index (χ0n) is 16.9. The van der Waals surface area contributed by atoms with Crippen molar-refractivity contribution in [3.05, 3.63) is 11.1 Å². The van der Waals surface area contributed by atoms with Gasteiger partial charge < -0.3 is 4.74 Å². The van der Waals surface area contributed by atoms with E-state index in [0.29, 0.717) is 16.7 Å². The molecule has 2 heteroatoms. The number of rotatable bonds is 1. The van der Waals surface area contributed by atoms with Gasteiger partial charge in [-0.1, -0.05) is 37.8 Å². The Hall–Kier alpha value is -0.790. The highest BCUT2D eigenvalue weighted by molar-refractivity contribution is 5.66. The number of esters is 1. The lowest BCUT2D eigenvalue weighted by molar-refractivity contribution is -0.181. The molecule has 0 N–H and O–H groups in total. The zero-order valence-corrected chi connectivity index (χ0v) is 16.9. The van der Waals surface area contributed by atoms with Gasteiger partial charge in [0.1, 0.15) is 6.10 Å². The molecule has 4 rings (SSSR count). The highest BCUT2D eigenvalue weighted by Gasteiger charge is 2.60. The molecule has 2 nitrogen and oxygen atoms in total. The Bertz CT molecular complexity index is 605. The second kappa shape index (κ2) is 5.86. The van der Waals surface area contributed by atoms with Crippen LogP contribution in [0.2, 0.25) is 0 Å². The minimum atomic E-state index is -0.0770. The van der Waals surface area contributed by atoms with Crippen molar-refractivity contribution in [1.82, 2.24) is 0 Å². The maximum Gasteiger partial charge on any atom is 0.302 e. The van der Waals surface area contributed by atoms with E-state index >= 15 is 0 Å². The lowest BCUT2D eigenvalue weighted by Crippen LogP contribution is -2.57. The fraction of sp³-hybridized carbons (Fsp3) is 0.870. The van der Waals surface area contributed by atoms with Gasteiger partial charge in [-0.05, 0) is 81.0 Å². The van der Waals surface area contributed by atoms with E-state index in [4.69, 9.17) is 4.74 Å². The first-order valence-corrected chi connectivity index (χ1v) is 10.6. The van der Waals surface area contributed by atoms with Crippen molar-refractivity contribution in [2.75, 3.05) is 0 Å². The molecular formula is C23H36O2. The van der Waals surface area contributed by atoms with Crippen molar-refractivity contribution in [3.63, 3.8) is 0 Å². The molecule has 0 bridgehead atoms. The summed E-state index contributed by atoms with van der Waals surface area (Å²) in [4.78, 5) is 11.8. The molecule has 0 spiro atoms. The first-order valence-electron chi connectivity index (χ1n) is 10.6. The van der Waals surface area contributed by atoms with Gasteiger partial charge in [0.05, 0.1) is 0 Å². The molecule has 0 aliphatic heterocycles. The third-order valence-electron chi connectivity index (χ3n) is 9.29. The number of hydrogen-bond donors (Lipinski definition) is 0. The van der Waals surface area contributed by atoms with Crippen molar-refractivity contribution in [2.24, 2.45) is 34.5 Å². The summed E-state index contributed by atoms with van der Waals surface area (Å²) in [5, 5.41) is 0. The molecule has 4 aliphatic carbocycles. The van der Waals surface area contributed by atoms with E-state index in [2.05, 4.69) is 27.7 Å². The van der Waals surface area contributed by atoms with Crippen LogP contribution in [-0.2, 0) is 9.53 Å². The van der Waals surface area contributed by atoms with Crippen LogP contribution < -0.4 is 0 Å². The summed E-state index contributed by atoms with van der Waals surface area (Å²) >= 11 is 0. The molecule has 3 saturated carbocycles. The minimum Gasteiger partial charge on any atom is -0.462 e. The van der Waals surface area contributed by atoms with Gasteiger partial charge in [-0.25, -0.2) is 0 Å². The van der Waals surface area contributed by atoms with E-state index in [1.165, 1.54) is 44.9 Å². The Balaban J connectivity index is 1.70. The van der Waals surface area contributed by atoms with E-state index in [1.54, 1.807) is 18.1 Å². The van der Waals surface area contributed by atoms with Gasteiger partial charge in [-0.15, -0.1) is 0 Å². The molecule has 0 aromatic heterocycles. The Labute approximate surface area is 153 Å².